The molecule has 0 aromatic carbocycles. The number of urea groups is 1. The zero-order valence-electron chi connectivity index (χ0n) is 11.4. The van der Waals surface area contributed by atoms with Crippen LogP contribution in [0.4, 0.5) is 4.79 Å². The van der Waals surface area contributed by atoms with Gasteiger partial charge in [0, 0.05) is 31.7 Å². The summed E-state index contributed by atoms with van der Waals surface area (Å²) in [5.41, 5.74) is 0.894. The molecule has 6 nitrogen and oxygen atoms in total. The summed E-state index contributed by atoms with van der Waals surface area (Å²) in [6.45, 7) is 5.89. The van der Waals surface area contributed by atoms with Gasteiger partial charge in [0.05, 0.1) is 12.2 Å². The summed E-state index contributed by atoms with van der Waals surface area (Å²) in [6.07, 6.45) is 0.865. The van der Waals surface area contributed by atoms with Crippen molar-refractivity contribution in [3.05, 3.63) is 17.5 Å². The molecule has 0 aliphatic carbocycles. The molecule has 2 heterocycles. The third-order valence-electron chi connectivity index (χ3n) is 3.41. The van der Waals surface area contributed by atoms with Crippen molar-refractivity contribution in [2.45, 2.75) is 32.7 Å². The first kappa shape index (κ1) is 13.9. The van der Waals surface area contributed by atoms with Gasteiger partial charge in [0.15, 0.2) is 5.76 Å². The Morgan fingerprint density at radius 3 is 3.05 bits per heavy atom. The molecule has 106 valence electrons. The summed E-state index contributed by atoms with van der Waals surface area (Å²) in [5.74, 6) is 1.19. The smallest absolute Gasteiger partial charge is 0.317 e. The van der Waals surface area contributed by atoms with Crippen LogP contribution < -0.4 is 5.32 Å². The van der Waals surface area contributed by atoms with E-state index >= 15 is 0 Å². The first-order valence-corrected chi connectivity index (χ1v) is 6.69. The predicted molar refractivity (Wildman–Crippen MR) is 69.6 cm³/mol. The third kappa shape index (κ3) is 3.47. The minimum Gasteiger partial charge on any atom is -0.396 e. The molecule has 2 rings (SSSR count). The Kier molecular flexibility index (Phi) is 4.42. The number of hydrogen-bond acceptors (Lipinski definition) is 4. The van der Waals surface area contributed by atoms with E-state index < -0.39 is 0 Å². The highest BCUT2D eigenvalue weighted by Gasteiger charge is 2.25. The van der Waals surface area contributed by atoms with Crippen LogP contribution in [-0.2, 0) is 6.54 Å². The Balaban J connectivity index is 1.80. The van der Waals surface area contributed by atoms with Crippen LogP contribution in [0.2, 0.25) is 0 Å². The summed E-state index contributed by atoms with van der Waals surface area (Å²) < 4.78 is 5.16. The van der Waals surface area contributed by atoms with Crippen molar-refractivity contribution in [3.8, 4) is 0 Å². The van der Waals surface area contributed by atoms with Crippen molar-refractivity contribution in [2.75, 3.05) is 19.7 Å². The monoisotopic (exact) mass is 267 g/mol. The number of aliphatic hydroxyl groups is 1. The molecule has 1 unspecified atom stereocenters. The number of amides is 2. The molecule has 6 heteroatoms. The average molecular weight is 267 g/mol. The van der Waals surface area contributed by atoms with E-state index in [0.717, 1.165) is 12.1 Å². The van der Waals surface area contributed by atoms with Crippen molar-refractivity contribution >= 4 is 6.03 Å². The van der Waals surface area contributed by atoms with E-state index in [0.29, 0.717) is 31.3 Å². The topological polar surface area (TPSA) is 78.6 Å². The van der Waals surface area contributed by atoms with E-state index in [4.69, 9.17) is 9.63 Å². The van der Waals surface area contributed by atoms with Crippen molar-refractivity contribution < 1.29 is 14.4 Å². The first-order chi connectivity index (χ1) is 9.10. The van der Waals surface area contributed by atoms with Crippen molar-refractivity contribution in [2.24, 2.45) is 5.92 Å². The van der Waals surface area contributed by atoms with Crippen LogP contribution in [0.1, 0.15) is 37.6 Å². The fourth-order valence-electron chi connectivity index (χ4n) is 2.13. The Hall–Kier alpha value is -1.56. The zero-order valence-corrected chi connectivity index (χ0v) is 11.4. The highest BCUT2D eigenvalue weighted by atomic mass is 16.5. The number of aliphatic hydroxyl groups excluding tert-OH is 1. The average Bonchev–Trinajstić information content (AvgIpc) is 3.04. The summed E-state index contributed by atoms with van der Waals surface area (Å²) in [5, 5.41) is 15.8. The first-order valence-electron chi connectivity index (χ1n) is 6.69. The van der Waals surface area contributed by atoms with Gasteiger partial charge in [-0.1, -0.05) is 19.0 Å². The molecule has 1 saturated heterocycles. The summed E-state index contributed by atoms with van der Waals surface area (Å²) in [7, 11) is 0. The molecule has 1 aromatic heterocycles. The van der Waals surface area contributed by atoms with E-state index in [9.17, 15) is 4.79 Å². The number of carbonyl (C=O) groups is 1. The van der Waals surface area contributed by atoms with Crippen LogP contribution in [0.25, 0.3) is 0 Å². The van der Waals surface area contributed by atoms with Gasteiger partial charge in [0.1, 0.15) is 0 Å². The van der Waals surface area contributed by atoms with Gasteiger partial charge in [0.2, 0.25) is 0 Å². The van der Waals surface area contributed by atoms with Gasteiger partial charge in [-0.25, -0.2) is 4.79 Å². The van der Waals surface area contributed by atoms with Gasteiger partial charge in [-0.2, -0.15) is 0 Å². The molecular formula is C13H21N3O3. The highest BCUT2D eigenvalue weighted by Crippen LogP contribution is 2.16. The van der Waals surface area contributed by atoms with E-state index in [2.05, 4.69) is 10.5 Å². The SMILES string of the molecule is CC(C)c1cc(CNC(=O)N2CCC(CO)C2)on1. The Bertz CT molecular complexity index is 431. The lowest BCUT2D eigenvalue weighted by Gasteiger charge is -2.16. The number of carbonyl (C=O) groups excluding carboxylic acids is 1. The van der Waals surface area contributed by atoms with Crippen LogP contribution >= 0.6 is 0 Å². The number of nitrogens with zero attached hydrogens (tertiary/aromatic N) is 2. The molecule has 1 aliphatic heterocycles. The van der Waals surface area contributed by atoms with Gasteiger partial charge in [-0.3, -0.25) is 0 Å². The molecule has 1 aliphatic rings. The second kappa shape index (κ2) is 6.06. The van der Waals surface area contributed by atoms with Gasteiger partial charge >= 0.3 is 6.03 Å². The lowest BCUT2D eigenvalue weighted by molar-refractivity contribution is 0.197. The van der Waals surface area contributed by atoms with Crippen LogP contribution in [0.5, 0.6) is 0 Å². The Morgan fingerprint density at radius 2 is 2.47 bits per heavy atom. The molecule has 0 spiro atoms. The molecule has 1 atom stereocenters. The largest absolute Gasteiger partial charge is 0.396 e. The lowest BCUT2D eigenvalue weighted by Crippen LogP contribution is -2.38. The molecule has 0 saturated carbocycles. The second-order valence-electron chi connectivity index (χ2n) is 5.31. The number of hydrogen-bond donors (Lipinski definition) is 2. The molecule has 2 N–H and O–H groups in total. The van der Waals surface area contributed by atoms with Gasteiger partial charge < -0.3 is 19.8 Å². The molecule has 19 heavy (non-hydrogen) atoms. The molecular weight excluding hydrogens is 246 g/mol. The van der Waals surface area contributed by atoms with Crippen LogP contribution in [0.3, 0.4) is 0 Å². The maximum absolute atomic E-state index is 11.9. The normalized spacial score (nSPS) is 19.2. The van der Waals surface area contributed by atoms with E-state index in [1.807, 2.05) is 19.9 Å². The Labute approximate surface area is 112 Å². The van der Waals surface area contributed by atoms with Crippen molar-refractivity contribution in [3.63, 3.8) is 0 Å². The van der Waals surface area contributed by atoms with Gasteiger partial charge in [-0.15, -0.1) is 0 Å². The lowest BCUT2D eigenvalue weighted by atomic mass is 10.1. The summed E-state index contributed by atoms with van der Waals surface area (Å²) in [4.78, 5) is 13.6. The number of rotatable bonds is 4. The van der Waals surface area contributed by atoms with Gasteiger partial charge in [0.25, 0.3) is 0 Å². The minimum atomic E-state index is -0.113. The van der Waals surface area contributed by atoms with Crippen molar-refractivity contribution in [1.82, 2.24) is 15.4 Å². The van der Waals surface area contributed by atoms with E-state index in [1.54, 1.807) is 4.90 Å². The fourth-order valence-corrected chi connectivity index (χ4v) is 2.13. The standard InChI is InChI=1S/C13H21N3O3/c1-9(2)12-5-11(19-15-12)6-14-13(18)16-4-3-10(7-16)8-17/h5,9-10,17H,3-4,6-8H2,1-2H3,(H,14,18). The maximum atomic E-state index is 11.9. The summed E-state index contributed by atoms with van der Waals surface area (Å²) >= 11 is 0. The van der Waals surface area contributed by atoms with Crippen LogP contribution in [0, 0.1) is 5.92 Å². The quantitative estimate of drug-likeness (QED) is 0.862. The molecule has 1 aromatic rings. The van der Waals surface area contributed by atoms with Gasteiger partial charge in [-0.05, 0) is 12.3 Å². The summed E-state index contributed by atoms with van der Waals surface area (Å²) in [6, 6.07) is 1.75. The van der Waals surface area contributed by atoms with Crippen LogP contribution in [-0.4, -0.2) is 40.9 Å². The molecule has 1 fully saturated rings. The zero-order chi connectivity index (χ0) is 13.8. The maximum Gasteiger partial charge on any atom is 0.317 e. The molecule has 2 amide bonds. The minimum absolute atomic E-state index is 0.113. The Morgan fingerprint density at radius 1 is 1.68 bits per heavy atom. The molecule has 0 bridgehead atoms. The number of nitrogens with one attached hydrogen (secondary N) is 1. The number of aromatic nitrogens is 1. The highest BCUT2D eigenvalue weighted by molar-refractivity contribution is 5.74. The molecule has 0 radical (unpaired) electrons. The fraction of sp³-hybridized carbons (Fsp3) is 0.692. The van der Waals surface area contributed by atoms with Crippen molar-refractivity contribution in [1.29, 1.82) is 0 Å². The van der Waals surface area contributed by atoms with Crippen LogP contribution in [0.15, 0.2) is 10.6 Å². The second-order valence-corrected chi connectivity index (χ2v) is 5.31. The third-order valence-corrected chi connectivity index (χ3v) is 3.41. The predicted octanol–water partition coefficient (Wildman–Crippen LogP) is 1.32. The van der Waals surface area contributed by atoms with E-state index in [-0.39, 0.29) is 18.6 Å². The van der Waals surface area contributed by atoms with E-state index in [1.165, 1.54) is 0 Å². The number of likely N-dealkylation sites (tertiary alicyclic amines) is 1.